The van der Waals surface area contributed by atoms with Crippen LogP contribution in [0.3, 0.4) is 0 Å². The van der Waals surface area contributed by atoms with Gasteiger partial charge in [0.05, 0.1) is 0 Å². The first-order chi connectivity index (χ1) is 13.5. The minimum Gasteiger partial charge on any atom is -0.356 e. The summed E-state index contributed by atoms with van der Waals surface area (Å²) in [6.07, 6.45) is 3.19. The van der Waals surface area contributed by atoms with E-state index in [2.05, 4.69) is 15.6 Å². The molecule has 1 aliphatic carbocycles. The first-order valence-corrected chi connectivity index (χ1v) is 10.8. The summed E-state index contributed by atoms with van der Waals surface area (Å²) in [4.78, 5) is 31.1. The van der Waals surface area contributed by atoms with Crippen LogP contribution in [0.4, 0.5) is 10.8 Å². The average Bonchev–Trinajstić information content (AvgIpc) is 3.40. The van der Waals surface area contributed by atoms with Gasteiger partial charge in [-0.3, -0.25) is 9.59 Å². The zero-order valence-corrected chi connectivity index (χ0v) is 17.7. The van der Waals surface area contributed by atoms with Gasteiger partial charge < -0.3 is 15.5 Å². The SMILES string of the molecule is CCCNC(=O)CCN(C(=O)c1csc(Nc2cc(Cl)ccc2C)n1)C1CC1. The third-order valence-corrected chi connectivity index (χ3v) is 5.56. The van der Waals surface area contributed by atoms with E-state index >= 15 is 0 Å². The summed E-state index contributed by atoms with van der Waals surface area (Å²) in [6, 6.07) is 5.83. The number of anilines is 2. The van der Waals surface area contributed by atoms with E-state index in [9.17, 15) is 9.59 Å². The molecule has 1 saturated carbocycles. The van der Waals surface area contributed by atoms with Crippen molar-refractivity contribution in [2.45, 2.75) is 45.6 Å². The predicted molar refractivity (Wildman–Crippen MR) is 114 cm³/mol. The number of carbonyl (C=O) groups excluding carboxylic acids is 2. The number of carbonyl (C=O) groups is 2. The molecule has 0 atom stereocenters. The van der Waals surface area contributed by atoms with E-state index in [1.807, 2.05) is 32.0 Å². The number of hydrogen-bond acceptors (Lipinski definition) is 5. The average molecular weight is 421 g/mol. The Balaban J connectivity index is 1.64. The molecular formula is C20H25ClN4O2S. The van der Waals surface area contributed by atoms with E-state index < -0.39 is 0 Å². The molecule has 3 rings (SSSR count). The second kappa shape index (κ2) is 9.39. The maximum atomic E-state index is 12.9. The summed E-state index contributed by atoms with van der Waals surface area (Å²) in [6.45, 7) is 5.09. The lowest BCUT2D eigenvalue weighted by Gasteiger charge is -2.21. The van der Waals surface area contributed by atoms with E-state index in [0.29, 0.717) is 35.4 Å². The van der Waals surface area contributed by atoms with Gasteiger partial charge in [-0.1, -0.05) is 24.6 Å². The molecule has 2 aromatic rings. The maximum absolute atomic E-state index is 12.9. The predicted octanol–water partition coefficient (Wildman–Crippen LogP) is 4.37. The summed E-state index contributed by atoms with van der Waals surface area (Å²) in [7, 11) is 0. The zero-order valence-electron chi connectivity index (χ0n) is 16.1. The van der Waals surface area contributed by atoms with E-state index in [1.54, 1.807) is 10.3 Å². The van der Waals surface area contributed by atoms with Gasteiger partial charge in [0.1, 0.15) is 5.69 Å². The number of aryl methyl sites for hydroxylation is 1. The molecule has 1 aromatic heterocycles. The topological polar surface area (TPSA) is 74.3 Å². The summed E-state index contributed by atoms with van der Waals surface area (Å²) < 4.78 is 0. The molecule has 6 nitrogen and oxygen atoms in total. The lowest BCUT2D eigenvalue weighted by molar-refractivity contribution is -0.121. The van der Waals surface area contributed by atoms with Gasteiger partial charge in [-0.2, -0.15) is 0 Å². The highest BCUT2D eigenvalue weighted by atomic mass is 35.5. The number of nitrogens with zero attached hydrogens (tertiary/aromatic N) is 2. The van der Waals surface area contributed by atoms with Gasteiger partial charge in [-0.15, -0.1) is 11.3 Å². The molecule has 1 fully saturated rings. The van der Waals surface area contributed by atoms with Crippen LogP contribution in [0.1, 0.15) is 48.7 Å². The van der Waals surface area contributed by atoms with Crippen molar-refractivity contribution in [1.29, 1.82) is 0 Å². The summed E-state index contributed by atoms with van der Waals surface area (Å²) in [5.41, 5.74) is 2.32. The Bertz CT molecular complexity index is 850. The fraction of sp³-hybridized carbons (Fsp3) is 0.450. The lowest BCUT2D eigenvalue weighted by Crippen LogP contribution is -2.37. The smallest absolute Gasteiger partial charge is 0.273 e. The molecule has 1 heterocycles. The van der Waals surface area contributed by atoms with Crippen LogP contribution in [0.5, 0.6) is 0 Å². The molecule has 2 amide bonds. The van der Waals surface area contributed by atoms with Crippen LogP contribution in [-0.2, 0) is 4.79 Å². The van der Waals surface area contributed by atoms with Crippen LogP contribution in [0.15, 0.2) is 23.6 Å². The molecule has 0 spiro atoms. The molecule has 8 heteroatoms. The Labute approximate surface area is 174 Å². The largest absolute Gasteiger partial charge is 0.356 e. The van der Waals surface area contributed by atoms with Crippen molar-refractivity contribution in [2.75, 3.05) is 18.4 Å². The Kier molecular flexibility index (Phi) is 6.91. The van der Waals surface area contributed by atoms with Crippen molar-refractivity contribution in [1.82, 2.24) is 15.2 Å². The molecule has 0 radical (unpaired) electrons. The number of benzene rings is 1. The van der Waals surface area contributed by atoms with Gasteiger partial charge in [-0.25, -0.2) is 4.98 Å². The summed E-state index contributed by atoms with van der Waals surface area (Å²) in [5, 5.41) is 9.13. The van der Waals surface area contributed by atoms with Crippen molar-refractivity contribution in [3.05, 3.63) is 39.9 Å². The number of aromatic nitrogens is 1. The molecule has 0 saturated heterocycles. The van der Waals surface area contributed by atoms with Crippen molar-refractivity contribution in [3.63, 3.8) is 0 Å². The molecule has 0 unspecified atom stereocenters. The second-order valence-corrected chi connectivity index (χ2v) is 8.25. The number of halogens is 1. The van der Waals surface area contributed by atoms with E-state index in [4.69, 9.17) is 11.6 Å². The van der Waals surface area contributed by atoms with Gasteiger partial charge in [0.25, 0.3) is 5.91 Å². The van der Waals surface area contributed by atoms with Crippen molar-refractivity contribution >= 4 is 45.6 Å². The zero-order chi connectivity index (χ0) is 20.1. The van der Waals surface area contributed by atoms with Crippen LogP contribution < -0.4 is 10.6 Å². The minimum atomic E-state index is -0.113. The van der Waals surface area contributed by atoms with Crippen molar-refractivity contribution in [2.24, 2.45) is 0 Å². The number of nitrogens with one attached hydrogen (secondary N) is 2. The molecule has 1 aliphatic rings. The van der Waals surface area contributed by atoms with E-state index in [1.165, 1.54) is 11.3 Å². The van der Waals surface area contributed by atoms with Gasteiger partial charge in [0, 0.05) is 41.6 Å². The van der Waals surface area contributed by atoms with Crippen LogP contribution in [-0.4, -0.2) is 40.8 Å². The van der Waals surface area contributed by atoms with E-state index in [-0.39, 0.29) is 17.9 Å². The Hall–Kier alpha value is -2.12. The van der Waals surface area contributed by atoms with Gasteiger partial charge in [0.15, 0.2) is 5.13 Å². The number of rotatable bonds is 9. The van der Waals surface area contributed by atoms with Crippen LogP contribution in [0, 0.1) is 6.92 Å². The normalized spacial score (nSPS) is 13.2. The fourth-order valence-electron chi connectivity index (χ4n) is 2.83. The second-order valence-electron chi connectivity index (χ2n) is 6.95. The number of amides is 2. The van der Waals surface area contributed by atoms with Crippen LogP contribution in [0.2, 0.25) is 5.02 Å². The van der Waals surface area contributed by atoms with Gasteiger partial charge in [-0.05, 0) is 43.9 Å². The van der Waals surface area contributed by atoms with Gasteiger partial charge in [0.2, 0.25) is 5.91 Å². The molecule has 28 heavy (non-hydrogen) atoms. The highest BCUT2D eigenvalue weighted by molar-refractivity contribution is 7.14. The molecule has 1 aromatic carbocycles. The standard InChI is InChI=1S/C20H25ClN4O2S/c1-3-9-22-18(26)8-10-25(15-6-7-15)19(27)17-12-28-20(24-17)23-16-11-14(21)5-4-13(16)2/h4-5,11-12,15H,3,6-10H2,1-2H3,(H,22,26)(H,23,24). The minimum absolute atomic E-state index is 0.0163. The van der Waals surface area contributed by atoms with E-state index in [0.717, 1.165) is 30.5 Å². The Morgan fingerprint density at radius 2 is 2.14 bits per heavy atom. The molecule has 2 N–H and O–H groups in total. The monoisotopic (exact) mass is 420 g/mol. The summed E-state index contributed by atoms with van der Waals surface area (Å²) >= 11 is 7.44. The highest BCUT2D eigenvalue weighted by Gasteiger charge is 2.34. The Morgan fingerprint density at radius 3 is 2.86 bits per heavy atom. The van der Waals surface area contributed by atoms with Crippen molar-refractivity contribution in [3.8, 4) is 0 Å². The molecular weight excluding hydrogens is 396 g/mol. The maximum Gasteiger partial charge on any atom is 0.273 e. The van der Waals surface area contributed by atoms with Gasteiger partial charge >= 0.3 is 0 Å². The molecule has 150 valence electrons. The lowest BCUT2D eigenvalue weighted by atomic mass is 10.2. The third-order valence-electron chi connectivity index (χ3n) is 4.56. The number of hydrogen-bond donors (Lipinski definition) is 2. The molecule has 0 bridgehead atoms. The molecule has 0 aliphatic heterocycles. The third kappa shape index (κ3) is 5.45. The summed E-state index contributed by atoms with van der Waals surface area (Å²) in [5.74, 6) is -0.129. The fourth-order valence-corrected chi connectivity index (χ4v) is 3.70. The van der Waals surface area contributed by atoms with Crippen molar-refractivity contribution < 1.29 is 9.59 Å². The number of thiazole rings is 1. The van der Waals surface area contributed by atoms with Crippen LogP contribution >= 0.6 is 22.9 Å². The first kappa shape index (κ1) is 20.6. The van der Waals surface area contributed by atoms with Crippen LogP contribution in [0.25, 0.3) is 0 Å². The Morgan fingerprint density at radius 1 is 1.36 bits per heavy atom. The quantitative estimate of drug-likeness (QED) is 0.631. The highest BCUT2D eigenvalue weighted by Crippen LogP contribution is 2.30. The first-order valence-electron chi connectivity index (χ1n) is 9.54.